The minimum absolute atomic E-state index is 0. The van der Waals surface area contributed by atoms with Gasteiger partial charge in [0, 0.05) is 0 Å². The topological polar surface area (TPSA) is 0 Å². The fourth-order valence-corrected chi connectivity index (χ4v) is 5.01. The van der Waals surface area contributed by atoms with Gasteiger partial charge in [0.05, 0.1) is 0 Å². The molecular formula is C26H44Cl2Zr. The minimum Gasteiger partial charge on any atom is -0.269 e. The average Bonchev–Trinajstić information content (AvgIpc) is 3.33. The van der Waals surface area contributed by atoms with E-state index in [1.165, 1.54) is 36.8 Å². The summed E-state index contributed by atoms with van der Waals surface area (Å²) in [5, 5.41) is 0. The third-order valence-electron chi connectivity index (χ3n) is 7.20. The maximum Gasteiger partial charge on any atom is 2.00 e. The first-order chi connectivity index (χ1) is 12.3. The molecule has 0 fully saturated rings. The van der Waals surface area contributed by atoms with Crippen LogP contribution in [0.15, 0.2) is 35.5 Å². The van der Waals surface area contributed by atoms with Gasteiger partial charge in [-0.05, 0) is 48.3 Å². The summed E-state index contributed by atoms with van der Waals surface area (Å²) >= 11 is 0. The SMILES string of the molecule is CCC(CC)(C1=[C-]CC=C1)C(C)C.CCC(CC)(C1=[C-]CC=C1)C(C)C.Cl.Cl.[Zr+2]. The van der Waals surface area contributed by atoms with E-state index in [4.69, 9.17) is 0 Å². The van der Waals surface area contributed by atoms with Crippen LogP contribution in [0.2, 0.25) is 0 Å². The number of hydrogen-bond acceptors (Lipinski definition) is 0. The van der Waals surface area contributed by atoms with Crippen molar-refractivity contribution in [2.24, 2.45) is 22.7 Å². The van der Waals surface area contributed by atoms with E-state index in [2.05, 4.69) is 91.8 Å². The molecule has 0 bridgehead atoms. The summed E-state index contributed by atoms with van der Waals surface area (Å²) in [4.78, 5) is 0. The molecule has 29 heavy (non-hydrogen) atoms. The van der Waals surface area contributed by atoms with Gasteiger partial charge in [0.2, 0.25) is 0 Å². The van der Waals surface area contributed by atoms with Crippen molar-refractivity contribution in [3.63, 3.8) is 0 Å². The summed E-state index contributed by atoms with van der Waals surface area (Å²) in [6.45, 7) is 18.5. The van der Waals surface area contributed by atoms with Gasteiger partial charge in [-0.1, -0.05) is 55.4 Å². The summed E-state index contributed by atoms with van der Waals surface area (Å²) in [5.41, 5.74) is 3.67. The van der Waals surface area contributed by atoms with Crippen molar-refractivity contribution in [1.82, 2.24) is 0 Å². The second-order valence-electron chi connectivity index (χ2n) is 8.43. The normalized spacial score (nSPS) is 15.1. The van der Waals surface area contributed by atoms with Crippen molar-refractivity contribution in [3.8, 4) is 0 Å². The zero-order valence-electron chi connectivity index (χ0n) is 20.0. The molecule has 0 amide bonds. The molecule has 0 atom stereocenters. The van der Waals surface area contributed by atoms with Gasteiger partial charge in [-0.3, -0.25) is 12.2 Å². The molecule has 0 N–H and O–H groups in total. The van der Waals surface area contributed by atoms with Gasteiger partial charge in [0.1, 0.15) is 0 Å². The standard InChI is InChI=1S/2C13H21.2ClH.Zr/c2*1-5-13(6-2,11(3)4)12-9-7-8-10-12;;;/h2*7,9,11H,5-6,8H2,1-4H3;2*1H;/q2*-1;;;+2. The second kappa shape index (κ2) is 16.1. The summed E-state index contributed by atoms with van der Waals surface area (Å²) in [5.74, 6) is 1.43. The Morgan fingerprint density at radius 3 is 1.10 bits per heavy atom. The number of hydrogen-bond donors (Lipinski definition) is 0. The summed E-state index contributed by atoms with van der Waals surface area (Å²) in [6, 6.07) is 0. The quantitative estimate of drug-likeness (QED) is 0.281. The van der Waals surface area contributed by atoms with Gasteiger partial charge < -0.3 is 0 Å². The molecule has 0 spiro atoms. The van der Waals surface area contributed by atoms with E-state index in [0.29, 0.717) is 22.7 Å². The van der Waals surface area contributed by atoms with Crippen molar-refractivity contribution >= 4 is 24.8 Å². The van der Waals surface area contributed by atoms with Crippen molar-refractivity contribution in [2.75, 3.05) is 0 Å². The Bertz CT molecular complexity index is 495. The summed E-state index contributed by atoms with van der Waals surface area (Å²) in [6.07, 6.45) is 22.9. The van der Waals surface area contributed by atoms with Crippen LogP contribution in [-0.2, 0) is 26.2 Å². The van der Waals surface area contributed by atoms with Crippen molar-refractivity contribution in [2.45, 2.75) is 93.9 Å². The molecule has 0 radical (unpaired) electrons. The van der Waals surface area contributed by atoms with Gasteiger partial charge >= 0.3 is 26.2 Å². The van der Waals surface area contributed by atoms with Crippen LogP contribution in [0, 0.1) is 34.8 Å². The number of rotatable bonds is 8. The minimum atomic E-state index is 0. The fourth-order valence-electron chi connectivity index (χ4n) is 5.01. The molecular weight excluding hydrogens is 474 g/mol. The Hall–Kier alpha value is 0.423. The first-order valence-electron chi connectivity index (χ1n) is 10.9. The van der Waals surface area contributed by atoms with Gasteiger partial charge in [-0.2, -0.15) is 12.2 Å². The molecule has 166 valence electrons. The predicted molar refractivity (Wildman–Crippen MR) is 131 cm³/mol. The van der Waals surface area contributed by atoms with Crippen LogP contribution < -0.4 is 0 Å². The smallest absolute Gasteiger partial charge is 0.269 e. The van der Waals surface area contributed by atoms with E-state index >= 15 is 0 Å². The third-order valence-corrected chi connectivity index (χ3v) is 7.20. The van der Waals surface area contributed by atoms with Crippen molar-refractivity contribution in [3.05, 3.63) is 47.6 Å². The summed E-state index contributed by atoms with van der Waals surface area (Å²) < 4.78 is 0. The molecule has 2 aliphatic rings. The largest absolute Gasteiger partial charge is 2.00 e. The Kier molecular flexibility index (Phi) is 18.9. The van der Waals surface area contributed by atoms with Crippen molar-refractivity contribution in [1.29, 1.82) is 0 Å². The first kappa shape index (κ1) is 34.0. The van der Waals surface area contributed by atoms with Crippen LogP contribution in [0.3, 0.4) is 0 Å². The summed E-state index contributed by atoms with van der Waals surface area (Å²) in [7, 11) is 0. The van der Waals surface area contributed by atoms with E-state index in [9.17, 15) is 0 Å². The molecule has 0 nitrogen and oxygen atoms in total. The van der Waals surface area contributed by atoms with E-state index in [1.54, 1.807) is 0 Å². The Morgan fingerprint density at radius 2 is 0.966 bits per heavy atom. The van der Waals surface area contributed by atoms with E-state index < -0.39 is 0 Å². The molecule has 2 rings (SSSR count). The van der Waals surface area contributed by atoms with Crippen LogP contribution in [0.5, 0.6) is 0 Å². The van der Waals surface area contributed by atoms with Crippen LogP contribution in [0.4, 0.5) is 0 Å². The van der Waals surface area contributed by atoms with Crippen molar-refractivity contribution < 1.29 is 26.2 Å². The van der Waals surface area contributed by atoms with Crippen LogP contribution in [0.25, 0.3) is 0 Å². The molecule has 0 aromatic carbocycles. The molecule has 0 aliphatic heterocycles. The average molecular weight is 519 g/mol. The third kappa shape index (κ3) is 7.81. The molecule has 3 heteroatoms. The maximum absolute atomic E-state index is 3.49. The van der Waals surface area contributed by atoms with Gasteiger partial charge in [0.25, 0.3) is 0 Å². The van der Waals surface area contributed by atoms with Gasteiger partial charge in [-0.25, -0.2) is 23.3 Å². The monoisotopic (exact) mass is 516 g/mol. The predicted octanol–water partition coefficient (Wildman–Crippen LogP) is 9.12. The van der Waals surface area contributed by atoms with E-state index in [-0.39, 0.29) is 51.0 Å². The Morgan fingerprint density at radius 1 is 0.690 bits per heavy atom. The molecule has 2 aliphatic carbocycles. The fraction of sp³-hybridized carbons (Fsp3) is 0.692. The Balaban J connectivity index is -0.000000422. The molecule has 0 unspecified atom stereocenters. The zero-order valence-corrected chi connectivity index (χ0v) is 24.1. The molecule has 0 heterocycles. The number of allylic oxidation sites excluding steroid dienone is 8. The number of halogens is 2. The maximum atomic E-state index is 3.49. The van der Waals surface area contributed by atoms with E-state index in [0.717, 1.165) is 12.8 Å². The second-order valence-corrected chi connectivity index (χ2v) is 8.43. The molecule has 0 aromatic rings. The molecule has 0 aromatic heterocycles. The molecule has 0 saturated carbocycles. The van der Waals surface area contributed by atoms with Gasteiger partial charge in [-0.15, -0.1) is 37.7 Å². The molecule has 0 saturated heterocycles. The zero-order chi connectivity index (χ0) is 19.8. The van der Waals surface area contributed by atoms with Crippen LogP contribution in [0.1, 0.15) is 93.9 Å². The Labute approximate surface area is 214 Å². The van der Waals surface area contributed by atoms with Gasteiger partial charge in [0.15, 0.2) is 0 Å². The van der Waals surface area contributed by atoms with Crippen LogP contribution in [-0.4, -0.2) is 0 Å². The van der Waals surface area contributed by atoms with E-state index in [1.807, 2.05) is 0 Å². The van der Waals surface area contributed by atoms with Crippen LogP contribution >= 0.6 is 24.8 Å². The first-order valence-corrected chi connectivity index (χ1v) is 10.9.